The van der Waals surface area contributed by atoms with Gasteiger partial charge in [-0.05, 0) is 55.5 Å². The maximum Gasteiger partial charge on any atom is 0.314 e. The van der Waals surface area contributed by atoms with Crippen LogP contribution >= 0.6 is 0 Å². The lowest BCUT2D eigenvalue weighted by Gasteiger charge is -2.37. The molecular formula is C31H43FN2O3. The summed E-state index contributed by atoms with van der Waals surface area (Å²) in [6.45, 7) is 14.2. The summed E-state index contributed by atoms with van der Waals surface area (Å²) in [5.41, 5.74) is 3.24. The normalized spacial score (nSPS) is 23.0. The molecule has 0 saturated carbocycles. The molecule has 2 aromatic rings. The number of carbonyl (C=O) groups excluding carboxylic acids is 2. The van der Waals surface area contributed by atoms with Gasteiger partial charge in [0.15, 0.2) is 0 Å². The van der Waals surface area contributed by atoms with Crippen LogP contribution in [0.3, 0.4) is 0 Å². The van der Waals surface area contributed by atoms with Gasteiger partial charge in [-0.3, -0.25) is 14.5 Å². The number of hydrogen-bond donors (Lipinski definition) is 0. The molecule has 202 valence electrons. The van der Waals surface area contributed by atoms with Crippen LogP contribution in [0, 0.1) is 18.8 Å². The number of hydrogen-bond acceptors (Lipinski definition) is 4. The minimum absolute atomic E-state index is 0.109. The van der Waals surface area contributed by atoms with E-state index in [1.165, 1.54) is 5.56 Å². The van der Waals surface area contributed by atoms with Crippen LogP contribution < -0.4 is 4.74 Å². The number of esters is 1. The summed E-state index contributed by atoms with van der Waals surface area (Å²) in [7, 11) is 0. The molecule has 0 spiro atoms. The zero-order valence-corrected chi connectivity index (χ0v) is 23.2. The minimum atomic E-state index is -1.04. The van der Waals surface area contributed by atoms with Gasteiger partial charge in [0, 0.05) is 25.6 Å². The summed E-state index contributed by atoms with van der Waals surface area (Å²) in [6.07, 6.45) is 0.362. The molecule has 0 radical (unpaired) electrons. The molecule has 2 heterocycles. The second-order valence-electron chi connectivity index (χ2n) is 10.5. The first kappa shape index (κ1) is 28.8. The van der Waals surface area contributed by atoms with Crippen molar-refractivity contribution in [1.29, 1.82) is 0 Å². The topological polar surface area (TPSA) is 49.9 Å². The van der Waals surface area contributed by atoms with Gasteiger partial charge in [-0.1, -0.05) is 76.6 Å². The van der Waals surface area contributed by atoms with Gasteiger partial charge in [-0.2, -0.15) is 0 Å². The van der Waals surface area contributed by atoms with Crippen LogP contribution in [-0.4, -0.2) is 53.5 Å². The summed E-state index contributed by atoms with van der Waals surface area (Å²) >= 11 is 0. The highest BCUT2D eigenvalue weighted by Crippen LogP contribution is 2.34. The molecule has 2 aromatic carbocycles. The number of halogens is 1. The van der Waals surface area contributed by atoms with E-state index in [0.29, 0.717) is 31.8 Å². The summed E-state index contributed by atoms with van der Waals surface area (Å²) in [4.78, 5) is 29.2. The Morgan fingerprint density at radius 2 is 1.65 bits per heavy atom. The van der Waals surface area contributed by atoms with Crippen LogP contribution in [0.5, 0.6) is 5.75 Å². The molecule has 37 heavy (non-hydrogen) atoms. The van der Waals surface area contributed by atoms with Crippen molar-refractivity contribution in [2.24, 2.45) is 11.8 Å². The fourth-order valence-corrected chi connectivity index (χ4v) is 4.98. The fraction of sp³-hybridized carbons (Fsp3) is 0.548. The Kier molecular flexibility index (Phi) is 10.3. The molecule has 4 rings (SSSR count). The fourth-order valence-electron chi connectivity index (χ4n) is 4.98. The Morgan fingerprint density at radius 3 is 2.24 bits per heavy atom. The Morgan fingerprint density at radius 1 is 1.00 bits per heavy atom. The molecule has 0 N–H and O–H groups in total. The van der Waals surface area contributed by atoms with Gasteiger partial charge in [-0.15, -0.1) is 0 Å². The highest BCUT2D eigenvalue weighted by Gasteiger charge is 2.40. The lowest BCUT2D eigenvalue weighted by molar-refractivity contribution is -0.139. The molecule has 1 amide bonds. The number of rotatable bonds is 7. The molecular weight excluding hydrogens is 467 g/mol. The number of likely N-dealkylation sites (tertiary alicyclic amines) is 2. The minimum Gasteiger partial charge on any atom is -0.426 e. The lowest BCUT2D eigenvalue weighted by Crippen LogP contribution is -2.49. The smallest absolute Gasteiger partial charge is 0.314 e. The van der Waals surface area contributed by atoms with Crippen molar-refractivity contribution in [2.75, 3.05) is 19.6 Å². The van der Waals surface area contributed by atoms with E-state index in [1.54, 1.807) is 12.1 Å². The van der Waals surface area contributed by atoms with Crippen LogP contribution in [0.15, 0.2) is 48.5 Å². The monoisotopic (exact) mass is 510 g/mol. The largest absolute Gasteiger partial charge is 0.426 e. The average molecular weight is 511 g/mol. The molecule has 2 aliphatic heterocycles. The van der Waals surface area contributed by atoms with Crippen LogP contribution in [0.4, 0.5) is 4.39 Å². The van der Waals surface area contributed by atoms with E-state index in [1.807, 2.05) is 56.6 Å². The number of piperidine rings is 1. The number of alkyl halides is 1. The van der Waals surface area contributed by atoms with Gasteiger partial charge in [0.2, 0.25) is 5.91 Å². The quantitative estimate of drug-likeness (QED) is 0.331. The van der Waals surface area contributed by atoms with Gasteiger partial charge in [-0.25, -0.2) is 4.39 Å². The van der Waals surface area contributed by atoms with Crippen molar-refractivity contribution < 1.29 is 18.7 Å². The first-order valence-electron chi connectivity index (χ1n) is 13.8. The molecule has 5 nitrogen and oxygen atoms in total. The van der Waals surface area contributed by atoms with E-state index in [9.17, 15) is 9.59 Å². The molecule has 2 saturated heterocycles. The SMILES string of the molecule is CC.Cc1ccc(CN2CC[C@@H](N3CC[C@@H](c4ccc(OC(=O)[C@@H](C)C(C)C)cc4)[C@H](F)C3)C2=O)cc1. The standard InChI is InChI=1S/C29H37FN2O3.C2H6/c1-19(2)21(4)29(34)35-24-11-9-23(10-12-24)25-13-15-31(18-26(25)30)27-14-16-32(28(27)33)17-22-7-5-20(3)6-8-22;1-2/h5-12,19,21,25-27H,13-18H2,1-4H3;1-2H3/t21-,25-,26+,27+;/m0./s1. The molecule has 2 aliphatic rings. The molecule has 0 aromatic heterocycles. The number of benzene rings is 2. The molecule has 0 bridgehead atoms. The van der Waals surface area contributed by atoms with Crippen molar-refractivity contribution in [1.82, 2.24) is 9.80 Å². The molecule has 2 fully saturated rings. The predicted octanol–water partition coefficient (Wildman–Crippen LogP) is 6.15. The Balaban J connectivity index is 0.00000186. The van der Waals surface area contributed by atoms with Crippen molar-refractivity contribution >= 4 is 11.9 Å². The third-order valence-electron chi connectivity index (χ3n) is 7.68. The number of nitrogens with zero attached hydrogens (tertiary/aromatic N) is 2. The highest BCUT2D eigenvalue weighted by molar-refractivity contribution is 5.84. The second-order valence-corrected chi connectivity index (χ2v) is 10.5. The first-order valence-corrected chi connectivity index (χ1v) is 13.8. The van der Waals surface area contributed by atoms with E-state index in [2.05, 4.69) is 31.2 Å². The van der Waals surface area contributed by atoms with Crippen molar-refractivity contribution in [2.45, 2.75) is 79.1 Å². The van der Waals surface area contributed by atoms with E-state index in [0.717, 1.165) is 17.5 Å². The zero-order valence-electron chi connectivity index (χ0n) is 23.2. The maximum absolute atomic E-state index is 15.3. The van der Waals surface area contributed by atoms with Gasteiger partial charge in [0.25, 0.3) is 0 Å². The zero-order chi connectivity index (χ0) is 27.1. The van der Waals surface area contributed by atoms with Crippen molar-refractivity contribution in [3.8, 4) is 5.75 Å². The summed E-state index contributed by atoms with van der Waals surface area (Å²) in [5, 5.41) is 0. The van der Waals surface area contributed by atoms with E-state index >= 15 is 4.39 Å². The summed E-state index contributed by atoms with van der Waals surface area (Å²) < 4.78 is 20.8. The number of amides is 1. The van der Waals surface area contributed by atoms with Gasteiger partial charge in [0.05, 0.1) is 12.0 Å². The second kappa shape index (κ2) is 13.2. The number of ether oxygens (including phenoxy) is 1. The Bertz CT molecular complexity index is 1020. The summed E-state index contributed by atoms with van der Waals surface area (Å²) in [5.74, 6) is 0.163. The van der Waals surface area contributed by atoms with Gasteiger partial charge in [0.1, 0.15) is 11.9 Å². The number of aryl methyl sites for hydroxylation is 1. The van der Waals surface area contributed by atoms with Gasteiger partial charge < -0.3 is 9.64 Å². The average Bonchev–Trinajstić information content (AvgIpc) is 3.26. The van der Waals surface area contributed by atoms with Crippen LogP contribution in [0.1, 0.15) is 70.1 Å². The predicted molar refractivity (Wildman–Crippen MR) is 146 cm³/mol. The first-order chi connectivity index (χ1) is 17.7. The summed E-state index contributed by atoms with van der Waals surface area (Å²) in [6, 6.07) is 15.3. The third-order valence-corrected chi connectivity index (χ3v) is 7.68. The Hall–Kier alpha value is -2.73. The Labute approximate surface area is 222 Å². The molecule has 4 atom stereocenters. The van der Waals surface area contributed by atoms with Crippen molar-refractivity contribution in [3.63, 3.8) is 0 Å². The third kappa shape index (κ3) is 7.19. The van der Waals surface area contributed by atoms with E-state index in [4.69, 9.17) is 4.74 Å². The van der Waals surface area contributed by atoms with Crippen LogP contribution in [0.25, 0.3) is 0 Å². The molecule has 0 unspecified atom stereocenters. The van der Waals surface area contributed by atoms with E-state index < -0.39 is 6.17 Å². The highest BCUT2D eigenvalue weighted by atomic mass is 19.1. The molecule has 0 aliphatic carbocycles. The van der Waals surface area contributed by atoms with Crippen molar-refractivity contribution in [3.05, 3.63) is 65.2 Å². The van der Waals surface area contributed by atoms with Crippen LogP contribution in [0.2, 0.25) is 0 Å². The molecule has 6 heteroatoms. The van der Waals surface area contributed by atoms with Gasteiger partial charge >= 0.3 is 5.97 Å². The van der Waals surface area contributed by atoms with Crippen LogP contribution in [-0.2, 0) is 16.1 Å². The van der Waals surface area contributed by atoms with E-state index in [-0.39, 0.29) is 42.2 Å². The maximum atomic E-state index is 15.3. The lowest BCUT2D eigenvalue weighted by atomic mass is 9.87. The number of carbonyl (C=O) groups is 2.